The van der Waals surface area contributed by atoms with Gasteiger partial charge in [-0.15, -0.1) is 0 Å². The van der Waals surface area contributed by atoms with E-state index in [2.05, 4.69) is 35.3 Å². The minimum Gasteiger partial charge on any atom is -0.395 e. The normalized spacial score (nSPS) is 19.1. The first-order valence-electron chi connectivity index (χ1n) is 8.48. The van der Waals surface area contributed by atoms with Crippen molar-refractivity contribution < 1.29 is 5.11 Å². The van der Waals surface area contributed by atoms with E-state index in [0.717, 1.165) is 19.1 Å². The fourth-order valence-electron chi connectivity index (χ4n) is 3.50. The molecule has 0 bridgehead atoms. The number of aliphatic hydroxyl groups is 1. The van der Waals surface area contributed by atoms with E-state index in [1.54, 1.807) is 0 Å². The van der Waals surface area contributed by atoms with Crippen LogP contribution in [0.2, 0.25) is 0 Å². The van der Waals surface area contributed by atoms with E-state index in [0.29, 0.717) is 6.04 Å². The molecule has 0 unspecified atom stereocenters. The van der Waals surface area contributed by atoms with Crippen LogP contribution in [0.3, 0.4) is 0 Å². The van der Waals surface area contributed by atoms with Crippen LogP contribution in [0.1, 0.15) is 49.7 Å². The first kappa shape index (κ1) is 14.9. The van der Waals surface area contributed by atoms with Gasteiger partial charge in [-0.05, 0) is 44.2 Å². The summed E-state index contributed by atoms with van der Waals surface area (Å²) >= 11 is 0. The van der Waals surface area contributed by atoms with Crippen molar-refractivity contribution in [3.8, 4) is 0 Å². The SMILES string of the molecule is Cc1ccc(N(CCO)C2CCCC2)c(CNC2CC2)c1. The Labute approximate surface area is 128 Å². The van der Waals surface area contributed by atoms with Gasteiger partial charge in [0, 0.05) is 30.9 Å². The third kappa shape index (κ3) is 3.78. The van der Waals surface area contributed by atoms with Crippen molar-refractivity contribution in [2.45, 2.75) is 64.1 Å². The van der Waals surface area contributed by atoms with Gasteiger partial charge in [0.25, 0.3) is 0 Å². The van der Waals surface area contributed by atoms with Crippen molar-refractivity contribution in [3.05, 3.63) is 29.3 Å². The second-order valence-electron chi connectivity index (χ2n) is 6.64. The number of benzene rings is 1. The van der Waals surface area contributed by atoms with Gasteiger partial charge in [0.2, 0.25) is 0 Å². The predicted octanol–water partition coefficient (Wildman–Crippen LogP) is 2.99. The highest BCUT2D eigenvalue weighted by atomic mass is 16.3. The van der Waals surface area contributed by atoms with Crippen molar-refractivity contribution in [3.63, 3.8) is 0 Å². The molecule has 2 N–H and O–H groups in total. The number of anilines is 1. The molecule has 0 atom stereocenters. The molecule has 2 fully saturated rings. The molecule has 0 amide bonds. The summed E-state index contributed by atoms with van der Waals surface area (Å²) in [6.45, 7) is 4.11. The Kier molecular flexibility index (Phi) is 4.81. The average Bonchev–Trinajstić information content (AvgIpc) is 3.16. The van der Waals surface area contributed by atoms with Crippen LogP contribution < -0.4 is 10.2 Å². The van der Waals surface area contributed by atoms with E-state index < -0.39 is 0 Å². The van der Waals surface area contributed by atoms with Crippen LogP contribution in [0.15, 0.2) is 18.2 Å². The molecule has 0 aliphatic heterocycles. The molecule has 0 saturated heterocycles. The van der Waals surface area contributed by atoms with Crippen molar-refractivity contribution >= 4 is 5.69 Å². The molecule has 2 saturated carbocycles. The number of hydrogen-bond donors (Lipinski definition) is 2. The molecule has 1 aromatic carbocycles. The average molecular weight is 288 g/mol. The minimum absolute atomic E-state index is 0.236. The summed E-state index contributed by atoms with van der Waals surface area (Å²) in [5.41, 5.74) is 4.04. The van der Waals surface area contributed by atoms with E-state index >= 15 is 0 Å². The first-order chi connectivity index (χ1) is 10.3. The van der Waals surface area contributed by atoms with Gasteiger partial charge in [-0.1, -0.05) is 30.5 Å². The molecule has 3 nitrogen and oxygen atoms in total. The molecule has 0 aromatic heterocycles. The second kappa shape index (κ2) is 6.80. The van der Waals surface area contributed by atoms with Crippen LogP contribution in [0, 0.1) is 6.92 Å². The summed E-state index contributed by atoms with van der Waals surface area (Å²) in [5, 5.41) is 13.1. The molecule has 3 rings (SSSR count). The largest absolute Gasteiger partial charge is 0.395 e. The smallest absolute Gasteiger partial charge is 0.0606 e. The van der Waals surface area contributed by atoms with Crippen LogP contribution in [0.25, 0.3) is 0 Å². The maximum absolute atomic E-state index is 9.47. The second-order valence-corrected chi connectivity index (χ2v) is 6.64. The standard InChI is InChI=1S/C18H28N2O/c1-14-6-9-18(15(12-14)13-19-16-7-8-16)20(10-11-21)17-4-2-3-5-17/h6,9,12,16-17,19,21H,2-5,7-8,10-11,13H2,1H3. The highest BCUT2D eigenvalue weighted by molar-refractivity contribution is 5.56. The summed E-state index contributed by atoms with van der Waals surface area (Å²) in [7, 11) is 0. The highest BCUT2D eigenvalue weighted by Crippen LogP contribution is 2.31. The fourth-order valence-corrected chi connectivity index (χ4v) is 3.50. The van der Waals surface area contributed by atoms with Crippen LogP contribution in [-0.4, -0.2) is 30.3 Å². The van der Waals surface area contributed by atoms with Crippen LogP contribution >= 0.6 is 0 Å². The Morgan fingerprint density at radius 1 is 1.19 bits per heavy atom. The van der Waals surface area contributed by atoms with Crippen LogP contribution in [0.5, 0.6) is 0 Å². The lowest BCUT2D eigenvalue weighted by Crippen LogP contribution is -2.36. The molecule has 0 radical (unpaired) electrons. The highest BCUT2D eigenvalue weighted by Gasteiger charge is 2.25. The summed E-state index contributed by atoms with van der Waals surface area (Å²) in [5.74, 6) is 0. The molecule has 0 heterocycles. The quantitative estimate of drug-likeness (QED) is 0.809. The zero-order valence-corrected chi connectivity index (χ0v) is 13.1. The zero-order chi connectivity index (χ0) is 14.7. The molecule has 3 heteroatoms. The summed E-state index contributed by atoms with van der Waals surface area (Å²) < 4.78 is 0. The number of rotatable bonds is 7. The minimum atomic E-state index is 0.236. The fraction of sp³-hybridized carbons (Fsp3) is 0.667. The Bertz CT molecular complexity index is 464. The van der Waals surface area contributed by atoms with Crippen LogP contribution in [-0.2, 0) is 6.54 Å². The summed E-state index contributed by atoms with van der Waals surface area (Å²) in [4.78, 5) is 2.45. The third-order valence-corrected chi connectivity index (χ3v) is 4.81. The number of hydrogen-bond acceptors (Lipinski definition) is 3. The molecule has 0 spiro atoms. The van der Waals surface area contributed by atoms with E-state index in [1.807, 2.05) is 0 Å². The van der Waals surface area contributed by atoms with Crippen molar-refractivity contribution in [2.75, 3.05) is 18.1 Å². The van der Waals surface area contributed by atoms with Gasteiger partial charge in [0.1, 0.15) is 0 Å². The Morgan fingerprint density at radius 3 is 2.62 bits per heavy atom. The molecule has 1 aromatic rings. The lowest BCUT2D eigenvalue weighted by Gasteiger charge is -2.32. The monoisotopic (exact) mass is 288 g/mol. The lowest BCUT2D eigenvalue weighted by molar-refractivity contribution is 0.297. The lowest BCUT2D eigenvalue weighted by atomic mass is 10.1. The number of aliphatic hydroxyl groups excluding tert-OH is 1. The molecule has 2 aliphatic carbocycles. The van der Waals surface area contributed by atoms with Gasteiger partial charge >= 0.3 is 0 Å². The van der Waals surface area contributed by atoms with Crippen LogP contribution in [0.4, 0.5) is 5.69 Å². The number of nitrogens with one attached hydrogen (secondary N) is 1. The van der Waals surface area contributed by atoms with Gasteiger partial charge in [0.15, 0.2) is 0 Å². The number of nitrogens with zero attached hydrogens (tertiary/aromatic N) is 1. The van der Waals surface area contributed by atoms with E-state index in [9.17, 15) is 5.11 Å². The molecular weight excluding hydrogens is 260 g/mol. The van der Waals surface area contributed by atoms with E-state index in [1.165, 1.54) is 55.3 Å². The van der Waals surface area contributed by atoms with Gasteiger partial charge in [-0.2, -0.15) is 0 Å². The molecular formula is C18H28N2O. The Hall–Kier alpha value is -1.06. The zero-order valence-electron chi connectivity index (χ0n) is 13.1. The first-order valence-corrected chi connectivity index (χ1v) is 8.48. The Balaban J connectivity index is 1.81. The maximum atomic E-state index is 9.47. The molecule has 21 heavy (non-hydrogen) atoms. The van der Waals surface area contributed by atoms with E-state index in [-0.39, 0.29) is 6.61 Å². The van der Waals surface area contributed by atoms with Crippen molar-refractivity contribution in [1.29, 1.82) is 0 Å². The number of aryl methyl sites for hydroxylation is 1. The van der Waals surface area contributed by atoms with Gasteiger partial charge in [0.05, 0.1) is 6.61 Å². The van der Waals surface area contributed by atoms with Gasteiger partial charge in [-0.25, -0.2) is 0 Å². The topological polar surface area (TPSA) is 35.5 Å². The van der Waals surface area contributed by atoms with E-state index in [4.69, 9.17) is 0 Å². The molecule has 2 aliphatic rings. The third-order valence-electron chi connectivity index (χ3n) is 4.81. The van der Waals surface area contributed by atoms with Crippen molar-refractivity contribution in [2.24, 2.45) is 0 Å². The Morgan fingerprint density at radius 2 is 1.95 bits per heavy atom. The molecule has 116 valence electrons. The summed E-state index contributed by atoms with van der Waals surface area (Å²) in [6.07, 6.45) is 7.84. The predicted molar refractivity (Wildman–Crippen MR) is 87.7 cm³/mol. The summed E-state index contributed by atoms with van der Waals surface area (Å²) in [6, 6.07) is 8.11. The maximum Gasteiger partial charge on any atom is 0.0606 e. The van der Waals surface area contributed by atoms with Gasteiger partial charge in [-0.3, -0.25) is 0 Å². The van der Waals surface area contributed by atoms with Crippen molar-refractivity contribution in [1.82, 2.24) is 5.32 Å². The van der Waals surface area contributed by atoms with Gasteiger partial charge < -0.3 is 15.3 Å².